The number of furan rings is 1. The number of rotatable bonds is 5. The molecule has 1 amide bonds. The molecule has 7 nitrogen and oxygen atoms in total. The lowest BCUT2D eigenvalue weighted by molar-refractivity contribution is -0.384. The van der Waals surface area contributed by atoms with E-state index in [0.29, 0.717) is 11.3 Å². The Kier molecular flexibility index (Phi) is 5.71. The van der Waals surface area contributed by atoms with Crippen molar-refractivity contribution in [3.05, 3.63) is 86.9 Å². The van der Waals surface area contributed by atoms with Crippen molar-refractivity contribution >= 4 is 35.0 Å². The fraction of sp³-hybridized carbons (Fsp3) is 0. The largest absolute Gasteiger partial charge is 0.457 e. The highest BCUT2D eigenvalue weighted by atomic mass is 35.5. The van der Waals surface area contributed by atoms with Gasteiger partial charge in [-0.05, 0) is 36.4 Å². The van der Waals surface area contributed by atoms with Crippen molar-refractivity contribution in [3.8, 4) is 17.4 Å². The Morgan fingerprint density at radius 3 is 2.72 bits per heavy atom. The summed E-state index contributed by atoms with van der Waals surface area (Å²) in [6.07, 6.45) is 1.22. The molecule has 0 aliphatic rings. The van der Waals surface area contributed by atoms with Crippen molar-refractivity contribution in [1.29, 1.82) is 5.26 Å². The number of nitriles is 1. The van der Waals surface area contributed by atoms with Gasteiger partial charge in [0.15, 0.2) is 0 Å². The van der Waals surface area contributed by atoms with Crippen LogP contribution >= 0.6 is 11.6 Å². The number of nitrogens with zero attached hydrogens (tertiary/aromatic N) is 2. The normalized spacial score (nSPS) is 11.0. The van der Waals surface area contributed by atoms with Crippen LogP contribution in [-0.2, 0) is 4.79 Å². The number of carbonyl (C=O) groups excluding carboxylic acids is 1. The maximum Gasteiger partial charge on any atom is 0.271 e. The second kappa shape index (κ2) is 8.37. The van der Waals surface area contributed by atoms with Gasteiger partial charge in [0.05, 0.1) is 9.95 Å². The molecule has 1 N–H and O–H groups in total. The third kappa shape index (κ3) is 4.66. The number of halogens is 2. The smallest absolute Gasteiger partial charge is 0.271 e. The zero-order valence-corrected chi connectivity index (χ0v) is 15.3. The number of carbonyl (C=O) groups is 1. The molecule has 0 atom stereocenters. The number of anilines is 1. The van der Waals surface area contributed by atoms with Crippen molar-refractivity contribution in [3.63, 3.8) is 0 Å². The van der Waals surface area contributed by atoms with Gasteiger partial charge in [-0.15, -0.1) is 0 Å². The zero-order chi connectivity index (χ0) is 21.0. The Balaban J connectivity index is 1.81. The Hall–Kier alpha value is -3.96. The van der Waals surface area contributed by atoms with Gasteiger partial charge < -0.3 is 9.73 Å². The van der Waals surface area contributed by atoms with Gasteiger partial charge in [0.2, 0.25) is 0 Å². The SMILES string of the molecule is N#C/C(=C/c1ccc(-c2ccc(F)c(Cl)c2)o1)C(=O)Nc1cccc([N+](=O)[O-])c1. The Morgan fingerprint density at radius 2 is 2.03 bits per heavy atom. The molecule has 0 radical (unpaired) electrons. The van der Waals surface area contributed by atoms with E-state index < -0.39 is 16.6 Å². The lowest BCUT2D eigenvalue weighted by Gasteiger charge is -2.03. The van der Waals surface area contributed by atoms with E-state index in [1.807, 2.05) is 0 Å². The lowest BCUT2D eigenvalue weighted by Crippen LogP contribution is -2.13. The molecule has 0 aliphatic carbocycles. The Labute approximate surface area is 168 Å². The van der Waals surface area contributed by atoms with Crippen molar-refractivity contribution < 1.29 is 18.5 Å². The van der Waals surface area contributed by atoms with Gasteiger partial charge >= 0.3 is 0 Å². The average Bonchev–Trinajstić information content (AvgIpc) is 3.17. The molecule has 0 fully saturated rings. The third-order valence-electron chi connectivity index (χ3n) is 3.80. The fourth-order valence-electron chi connectivity index (χ4n) is 2.42. The van der Waals surface area contributed by atoms with Crippen molar-refractivity contribution in [2.45, 2.75) is 0 Å². The van der Waals surface area contributed by atoms with Crippen LogP contribution in [0.1, 0.15) is 5.76 Å². The first-order valence-corrected chi connectivity index (χ1v) is 8.48. The minimum atomic E-state index is -0.754. The van der Waals surface area contributed by atoms with E-state index in [1.54, 1.807) is 12.1 Å². The number of nitro benzene ring substituents is 1. The summed E-state index contributed by atoms with van der Waals surface area (Å²) >= 11 is 5.76. The summed E-state index contributed by atoms with van der Waals surface area (Å²) < 4.78 is 18.9. The molecule has 1 heterocycles. The highest BCUT2D eigenvalue weighted by Gasteiger charge is 2.14. The molecule has 3 rings (SSSR count). The van der Waals surface area contributed by atoms with E-state index in [0.717, 1.165) is 0 Å². The maximum atomic E-state index is 13.3. The number of benzene rings is 2. The van der Waals surface area contributed by atoms with E-state index in [9.17, 15) is 24.6 Å². The molecule has 0 unspecified atom stereocenters. The van der Waals surface area contributed by atoms with Crippen LogP contribution in [0, 0.1) is 27.3 Å². The fourth-order valence-corrected chi connectivity index (χ4v) is 2.60. The van der Waals surface area contributed by atoms with Gasteiger partial charge in [-0.2, -0.15) is 5.26 Å². The van der Waals surface area contributed by atoms with E-state index in [1.165, 1.54) is 54.6 Å². The third-order valence-corrected chi connectivity index (χ3v) is 4.09. The first-order valence-electron chi connectivity index (χ1n) is 8.10. The number of nitro groups is 1. The molecule has 0 saturated heterocycles. The van der Waals surface area contributed by atoms with Gasteiger partial charge in [0.25, 0.3) is 11.6 Å². The van der Waals surface area contributed by atoms with E-state index in [-0.39, 0.29) is 27.7 Å². The van der Waals surface area contributed by atoms with E-state index >= 15 is 0 Å². The molecule has 2 aromatic carbocycles. The van der Waals surface area contributed by atoms with Gasteiger partial charge in [0, 0.05) is 29.5 Å². The molecular weight excluding hydrogens is 401 g/mol. The lowest BCUT2D eigenvalue weighted by atomic mass is 10.2. The molecule has 3 aromatic rings. The summed E-state index contributed by atoms with van der Waals surface area (Å²) in [5.41, 5.74) is 0.232. The van der Waals surface area contributed by atoms with Crippen LogP contribution in [0.3, 0.4) is 0 Å². The van der Waals surface area contributed by atoms with E-state index in [4.69, 9.17) is 16.0 Å². The second-order valence-corrected chi connectivity index (χ2v) is 6.17. The highest BCUT2D eigenvalue weighted by molar-refractivity contribution is 6.31. The summed E-state index contributed by atoms with van der Waals surface area (Å²) in [5.74, 6) is -0.733. The van der Waals surface area contributed by atoms with Crippen LogP contribution in [0.2, 0.25) is 5.02 Å². The van der Waals surface area contributed by atoms with Gasteiger partial charge in [-0.3, -0.25) is 14.9 Å². The summed E-state index contributed by atoms with van der Waals surface area (Å²) in [6, 6.07) is 14.3. The molecule has 0 saturated carbocycles. The molecule has 0 bridgehead atoms. The number of amides is 1. The quantitative estimate of drug-likeness (QED) is 0.269. The molecule has 0 spiro atoms. The van der Waals surface area contributed by atoms with Crippen molar-refractivity contribution in [2.24, 2.45) is 0 Å². The second-order valence-electron chi connectivity index (χ2n) is 5.76. The molecular formula is C20H11ClFN3O4. The van der Waals surface area contributed by atoms with Crippen molar-refractivity contribution in [1.82, 2.24) is 0 Å². The highest BCUT2D eigenvalue weighted by Crippen LogP contribution is 2.27. The van der Waals surface area contributed by atoms with Crippen LogP contribution in [0.15, 0.2) is 64.6 Å². The molecule has 29 heavy (non-hydrogen) atoms. The predicted molar refractivity (Wildman–Crippen MR) is 104 cm³/mol. The minimum Gasteiger partial charge on any atom is -0.457 e. The molecule has 144 valence electrons. The van der Waals surface area contributed by atoms with Crippen LogP contribution < -0.4 is 5.32 Å². The topological polar surface area (TPSA) is 109 Å². The van der Waals surface area contributed by atoms with Crippen LogP contribution in [0.4, 0.5) is 15.8 Å². The Bertz CT molecular complexity index is 1180. The number of nitrogens with one attached hydrogen (secondary N) is 1. The molecule has 0 aliphatic heterocycles. The number of non-ortho nitro benzene ring substituents is 1. The minimum absolute atomic E-state index is 0.0648. The van der Waals surface area contributed by atoms with Gasteiger partial charge in [-0.1, -0.05) is 17.7 Å². The average molecular weight is 412 g/mol. The number of hydrogen-bond donors (Lipinski definition) is 1. The monoisotopic (exact) mass is 411 g/mol. The van der Waals surface area contributed by atoms with Crippen molar-refractivity contribution in [2.75, 3.05) is 5.32 Å². The van der Waals surface area contributed by atoms with E-state index in [2.05, 4.69) is 5.32 Å². The standard InChI is InChI=1S/C20H11ClFN3O4/c21-17-9-12(4-6-18(17)22)19-7-5-16(29-19)8-13(11-23)20(26)24-14-2-1-3-15(10-14)25(27)28/h1-10H,(H,24,26)/b13-8-. The summed E-state index contributed by atoms with van der Waals surface area (Å²) in [7, 11) is 0. The maximum absolute atomic E-state index is 13.3. The summed E-state index contributed by atoms with van der Waals surface area (Å²) in [6.45, 7) is 0. The first kappa shape index (κ1) is 19.8. The van der Waals surface area contributed by atoms with Crippen LogP contribution in [-0.4, -0.2) is 10.8 Å². The first-order chi connectivity index (χ1) is 13.9. The molecule has 9 heteroatoms. The Morgan fingerprint density at radius 1 is 1.24 bits per heavy atom. The van der Waals surface area contributed by atoms with Gasteiger partial charge in [-0.25, -0.2) is 4.39 Å². The number of hydrogen-bond acceptors (Lipinski definition) is 5. The van der Waals surface area contributed by atoms with Crippen LogP contribution in [0.25, 0.3) is 17.4 Å². The zero-order valence-electron chi connectivity index (χ0n) is 14.6. The summed E-state index contributed by atoms with van der Waals surface area (Å²) in [4.78, 5) is 22.5. The predicted octanol–water partition coefficient (Wildman–Crippen LogP) is 5.19. The summed E-state index contributed by atoms with van der Waals surface area (Å²) in [5, 5.41) is 22.5. The van der Waals surface area contributed by atoms with Gasteiger partial charge in [0.1, 0.15) is 29.0 Å². The van der Waals surface area contributed by atoms with Crippen LogP contribution in [0.5, 0.6) is 0 Å². The molecule has 1 aromatic heterocycles.